The molecule has 0 aliphatic carbocycles. The van der Waals surface area contributed by atoms with Crippen molar-refractivity contribution in [1.82, 2.24) is 4.90 Å². The molecule has 0 bridgehead atoms. The molecule has 2 unspecified atom stereocenters. The van der Waals surface area contributed by atoms with Gasteiger partial charge in [-0.15, -0.1) is 0 Å². The van der Waals surface area contributed by atoms with Crippen molar-refractivity contribution in [3.63, 3.8) is 0 Å². The topological polar surface area (TPSA) is 38.5 Å². The highest BCUT2D eigenvalue weighted by Crippen LogP contribution is 2.31. The Bertz CT molecular complexity index is 395. The van der Waals surface area contributed by atoms with Crippen LogP contribution in [-0.2, 0) is 11.3 Å². The molecule has 2 atom stereocenters. The Hall–Kier alpha value is -0.900. The lowest BCUT2D eigenvalue weighted by atomic mass is 9.89. The maximum absolute atomic E-state index is 5.97. The maximum Gasteiger partial charge on any atom is 0.0666 e. The average molecular weight is 276 g/mol. The van der Waals surface area contributed by atoms with Gasteiger partial charge in [-0.05, 0) is 31.7 Å². The van der Waals surface area contributed by atoms with Crippen LogP contribution in [-0.4, -0.2) is 36.2 Å². The molecule has 0 spiro atoms. The minimum atomic E-state index is 0.0342. The van der Waals surface area contributed by atoms with Gasteiger partial charge < -0.3 is 10.5 Å². The van der Waals surface area contributed by atoms with E-state index >= 15 is 0 Å². The highest BCUT2D eigenvalue weighted by atomic mass is 16.5. The van der Waals surface area contributed by atoms with Gasteiger partial charge in [-0.25, -0.2) is 0 Å². The van der Waals surface area contributed by atoms with Gasteiger partial charge in [0.2, 0.25) is 0 Å². The fourth-order valence-corrected chi connectivity index (χ4v) is 3.03. The molecule has 1 heterocycles. The zero-order valence-corrected chi connectivity index (χ0v) is 12.8. The Labute approximate surface area is 123 Å². The molecular formula is C17H28N2O. The number of nitrogens with zero attached hydrogens (tertiary/aromatic N) is 1. The molecular weight excluding hydrogens is 248 g/mol. The first-order valence-corrected chi connectivity index (χ1v) is 7.79. The van der Waals surface area contributed by atoms with Gasteiger partial charge in [-0.3, -0.25) is 4.90 Å². The molecule has 1 aromatic rings. The molecule has 3 heteroatoms. The lowest BCUT2D eigenvalue weighted by molar-refractivity contribution is -0.0973. The molecule has 112 valence electrons. The second-order valence-corrected chi connectivity index (χ2v) is 6.04. The van der Waals surface area contributed by atoms with Gasteiger partial charge in [0.1, 0.15) is 0 Å². The molecule has 0 aromatic heterocycles. The number of ether oxygens (including phenoxy) is 1. The van der Waals surface area contributed by atoms with E-state index in [1.165, 1.54) is 5.56 Å². The van der Waals surface area contributed by atoms with Gasteiger partial charge in [0.15, 0.2) is 0 Å². The molecule has 0 saturated carbocycles. The van der Waals surface area contributed by atoms with Crippen LogP contribution in [0.2, 0.25) is 0 Å². The van der Waals surface area contributed by atoms with Crippen LogP contribution in [0.4, 0.5) is 0 Å². The number of rotatable bonds is 6. The summed E-state index contributed by atoms with van der Waals surface area (Å²) in [5.41, 5.74) is 7.22. The van der Waals surface area contributed by atoms with Gasteiger partial charge in [0.05, 0.1) is 5.60 Å². The molecule has 2 N–H and O–H groups in total. The predicted molar refractivity (Wildman–Crippen MR) is 83.6 cm³/mol. The Morgan fingerprint density at radius 1 is 1.35 bits per heavy atom. The standard InChI is InChI=1S/C17H28N2O/c1-3-17(2)13-16(9-12-20-17)19(11-10-18)14-15-7-5-4-6-8-15/h4-8,16H,3,9-14,18H2,1-2H3. The molecule has 1 aromatic carbocycles. The first-order chi connectivity index (χ1) is 9.67. The molecule has 20 heavy (non-hydrogen) atoms. The van der Waals surface area contributed by atoms with Gasteiger partial charge >= 0.3 is 0 Å². The minimum Gasteiger partial charge on any atom is -0.375 e. The van der Waals surface area contributed by atoms with Crippen LogP contribution < -0.4 is 5.73 Å². The Balaban J connectivity index is 2.04. The van der Waals surface area contributed by atoms with Crippen molar-refractivity contribution in [3.05, 3.63) is 35.9 Å². The molecule has 1 saturated heterocycles. The Morgan fingerprint density at radius 3 is 2.75 bits per heavy atom. The summed E-state index contributed by atoms with van der Waals surface area (Å²) >= 11 is 0. The monoisotopic (exact) mass is 276 g/mol. The third kappa shape index (κ3) is 4.05. The van der Waals surface area contributed by atoms with Gasteiger partial charge in [-0.2, -0.15) is 0 Å². The fraction of sp³-hybridized carbons (Fsp3) is 0.647. The van der Waals surface area contributed by atoms with E-state index in [4.69, 9.17) is 10.5 Å². The summed E-state index contributed by atoms with van der Waals surface area (Å²) in [4.78, 5) is 2.53. The molecule has 1 aliphatic rings. The maximum atomic E-state index is 5.97. The number of nitrogens with two attached hydrogens (primary N) is 1. The SMILES string of the molecule is CCC1(C)CC(N(CCN)Cc2ccccc2)CCO1. The molecule has 1 aliphatic heterocycles. The third-order valence-electron chi connectivity index (χ3n) is 4.48. The summed E-state index contributed by atoms with van der Waals surface area (Å²) < 4.78 is 5.97. The highest BCUT2D eigenvalue weighted by molar-refractivity contribution is 5.14. The van der Waals surface area contributed by atoms with Crippen molar-refractivity contribution in [2.24, 2.45) is 5.73 Å². The number of benzene rings is 1. The smallest absolute Gasteiger partial charge is 0.0666 e. The molecule has 1 fully saturated rings. The molecule has 3 nitrogen and oxygen atoms in total. The number of hydrogen-bond acceptors (Lipinski definition) is 3. The van der Waals surface area contributed by atoms with E-state index in [-0.39, 0.29) is 5.60 Å². The lowest BCUT2D eigenvalue weighted by Crippen LogP contribution is -2.48. The first kappa shape index (κ1) is 15.5. The van der Waals surface area contributed by atoms with Gasteiger partial charge in [0.25, 0.3) is 0 Å². The van der Waals surface area contributed by atoms with Crippen LogP contribution in [0, 0.1) is 0 Å². The summed E-state index contributed by atoms with van der Waals surface area (Å²) in [6, 6.07) is 11.3. The normalized spacial score (nSPS) is 26.9. The van der Waals surface area contributed by atoms with Crippen molar-refractivity contribution in [3.8, 4) is 0 Å². The lowest BCUT2D eigenvalue weighted by Gasteiger charge is -2.42. The summed E-state index contributed by atoms with van der Waals surface area (Å²) in [6.45, 7) is 7.98. The van der Waals surface area contributed by atoms with Crippen LogP contribution in [0.1, 0.15) is 38.7 Å². The van der Waals surface area contributed by atoms with Crippen molar-refractivity contribution in [2.75, 3.05) is 19.7 Å². The summed E-state index contributed by atoms with van der Waals surface area (Å²) in [5, 5.41) is 0. The first-order valence-electron chi connectivity index (χ1n) is 7.79. The predicted octanol–water partition coefficient (Wildman–Crippen LogP) is 2.80. The van der Waals surface area contributed by atoms with Crippen LogP contribution in [0.5, 0.6) is 0 Å². The van der Waals surface area contributed by atoms with E-state index in [0.29, 0.717) is 12.6 Å². The zero-order chi connectivity index (χ0) is 14.4. The second kappa shape index (κ2) is 7.21. The minimum absolute atomic E-state index is 0.0342. The quantitative estimate of drug-likeness (QED) is 0.868. The van der Waals surface area contributed by atoms with Crippen LogP contribution >= 0.6 is 0 Å². The second-order valence-electron chi connectivity index (χ2n) is 6.04. The Morgan fingerprint density at radius 2 is 2.10 bits per heavy atom. The van der Waals surface area contributed by atoms with E-state index in [1.54, 1.807) is 0 Å². The zero-order valence-electron chi connectivity index (χ0n) is 12.8. The molecule has 0 amide bonds. The van der Waals surface area contributed by atoms with Crippen LogP contribution in [0.15, 0.2) is 30.3 Å². The van der Waals surface area contributed by atoms with Crippen molar-refractivity contribution in [2.45, 2.75) is 51.3 Å². The Kier molecular flexibility index (Phi) is 5.58. The highest BCUT2D eigenvalue weighted by Gasteiger charge is 2.34. The largest absolute Gasteiger partial charge is 0.375 e. The van der Waals surface area contributed by atoms with E-state index in [0.717, 1.165) is 39.0 Å². The summed E-state index contributed by atoms with van der Waals surface area (Å²) in [7, 11) is 0. The van der Waals surface area contributed by atoms with Crippen molar-refractivity contribution < 1.29 is 4.74 Å². The van der Waals surface area contributed by atoms with E-state index in [1.807, 2.05) is 0 Å². The van der Waals surface area contributed by atoms with Gasteiger partial charge in [-0.1, -0.05) is 37.3 Å². The summed E-state index contributed by atoms with van der Waals surface area (Å²) in [6.07, 6.45) is 3.30. The van der Waals surface area contributed by atoms with Crippen molar-refractivity contribution in [1.29, 1.82) is 0 Å². The number of hydrogen-bond donors (Lipinski definition) is 1. The fourth-order valence-electron chi connectivity index (χ4n) is 3.03. The van der Waals surface area contributed by atoms with E-state index < -0.39 is 0 Å². The molecule has 0 radical (unpaired) electrons. The van der Waals surface area contributed by atoms with E-state index in [9.17, 15) is 0 Å². The van der Waals surface area contributed by atoms with Crippen LogP contribution in [0.25, 0.3) is 0 Å². The summed E-state index contributed by atoms with van der Waals surface area (Å²) in [5.74, 6) is 0. The third-order valence-corrected chi connectivity index (χ3v) is 4.48. The molecule has 2 rings (SSSR count). The van der Waals surface area contributed by atoms with E-state index in [2.05, 4.69) is 49.1 Å². The van der Waals surface area contributed by atoms with Crippen molar-refractivity contribution >= 4 is 0 Å². The van der Waals surface area contributed by atoms with Gasteiger partial charge in [0, 0.05) is 32.3 Å². The van der Waals surface area contributed by atoms with Crippen LogP contribution in [0.3, 0.4) is 0 Å². The average Bonchev–Trinajstić information content (AvgIpc) is 2.48.